The fourth-order valence-electron chi connectivity index (χ4n) is 5.47. The second-order valence-corrected chi connectivity index (χ2v) is 11.6. The first-order valence-electron chi connectivity index (χ1n) is 13.0. The Balaban J connectivity index is 1.74. The summed E-state index contributed by atoms with van der Waals surface area (Å²) in [5.41, 5.74) is 8.16. The molecule has 0 bridgehead atoms. The maximum absolute atomic E-state index is 14.0. The van der Waals surface area contributed by atoms with Crippen molar-refractivity contribution in [3.63, 3.8) is 0 Å². The highest BCUT2D eigenvalue weighted by Crippen LogP contribution is 2.51. The number of rotatable bonds is 11. The van der Waals surface area contributed by atoms with Crippen LogP contribution >= 0.6 is 0 Å². The van der Waals surface area contributed by atoms with Crippen molar-refractivity contribution < 1.29 is 32.1 Å². The van der Waals surface area contributed by atoms with Crippen LogP contribution in [-0.4, -0.2) is 33.0 Å². The number of para-hydroxylation sites is 1. The maximum Gasteiger partial charge on any atom is 0.231 e. The lowest BCUT2D eigenvalue weighted by atomic mass is 9.73. The zero-order valence-electron chi connectivity index (χ0n) is 22.2. The Kier molecular flexibility index (Phi) is 8.27. The van der Waals surface area contributed by atoms with E-state index in [0.29, 0.717) is 22.6 Å². The summed E-state index contributed by atoms with van der Waals surface area (Å²) in [6.45, 7) is -0.263. The van der Waals surface area contributed by atoms with Crippen LogP contribution in [0.25, 0.3) is 0 Å². The van der Waals surface area contributed by atoms with Crippen LogP contribution < -0.4 is 25.1 Å². The van der Waals surface area contributed by atoms with Crippen LogP contribution in [0.4, 0.5) is 4.39 Å². The van der Waals surface area contributed by atoms with E-state index in [2.05, 4.69) is 0 Å². The van der Waals surface area contributed by atoms with E-state index in [1.807, 2.05) is 30.3 Å². The van der Waals surface area contributed by atoms with Crippen molar-refractivity contribution in [1.29, 1.82) is 0 Å². The van der Waals surface area contributed by atoms with Crippen LogP contribution in [0.3, 0.4) is 0 Å². The molecule has 10 heteroatoms. The maximum atomic E-state index is 14.0. The summed E-state index contributed by atoms with van der Waals surface area (Å²) in [6, 6.07) is 26.7. The number of hydrogen-bond donors (Lipinski definition) is 3. The molecule has 4 aromatic rings. The molecule has 4 aromatic carbocycles. The highest BCUT2D eigenvalue weighted by Gasteiger charge is 2.57. The minimum atomic E-state index is -4.64. The quantitative estimate of drug-likeness (QED) is 0.245. The van der Waals surface area contributed by atoms with Crippen molar-refractivity contribution in [3.8, 4) is 17.2 Å². The second kappa shape index (κ2) is 11.9. The average molecular weight is 579 g/mol. The Morgan fingerprint density at radius 3 is 2.29 bits per heavy atom. The van der Waals surface area contributed by atoms with Gasteiger partial charge in [-0.1, -0.05) is 66.7 Å². The molecule has 5 rings (SSSR count). The monoisotopic (exact) mass is 578 g/mol. The van der Waals surface area contributed by atoms with E-state index in [1.165, 1.54) is 12.1 Å². The van der Waals surface area contributed by atoms with Gasteiger partial charge in [0, 0.05) is 18.0 Å². The Bertz CT molecular complexity index is 1600. The molecule has 0 spiro atoms. The number of primary sulfonamides is 1. The summed E-state index contributed by atoms with van der Waals surface area (Å²) in [5.74, 6) is -0.305. The molecule has 8 nitrogen and oxygen atoms in total. The van der Waals surface area contributed by atoms with Gasteiger partial charge in [0.05, 0.1) is 6.10 Å². The van der Waals surface area contributed by atoms with E-state index >= 15 is 0 Å². The summed E-state index contributed by atoms with van der Waals surface area (Å²) >= 11 is 0. The predicted octanol–water partition coefficient (Wildman–Crippen LogP) is 3.96. The Morgan fingerprint density at radius 1 is 0.902 bits per heavy atom. The second-order valence-electron chi connectivity index (χ2n) is 9.86. The van der Waals surface area contributed by atoms with E-state index in [4.69, 9.17) is 25.1 Å². The smallest absolute Gasteiger partial charge is 0.231 e. The summed E-state index contributed by atoms with van der Waals surface area (Å²) in [6.07, 6.45) is -1.60. The zero-order chi connectivity index (χ0) is 29.0. The molecule has 3 unspecified atom stereocenters. The Morgan fingerprint density at radius 2 is 1.59 bits per heavy atom. The van der Waals surface area contributed by atoms with Crippen LogP contribution in [0, 0.1) is 5.82 Å². The third kappa shape index (κ3) is 5.64. The molecule has 3 atom stereocenters. The average Bonchev–Trinajstić information content (AvgIpc) is 3.45. The normalized spacial score (nSPS) is 15.6. The molecule has 0 fully saturated rings. The van der Waals surface area contributed by atoms with Gasteiger partial charge < -0.3 is 25.1 Å². The minimum Gasteiger partial charge on any atom is -0.489 e. The number of fused-ring (bicyclic) bond motifs is 1. The van der Waals surface area contributed by atoms with Crippen molar-refractivity contribution in [2.24, 2.45) is 10.9 Å². The number of nitrogens with two attached hydrogens (primary N) is 2. The summed E-state index contributed by atoms with van der Waals surface area (Å²) in [5, 5.41) is 17.8. The number of benzene rings is 4. The lowest BCUT2D eigenvalue weighted by molar-refractivity contribution is 0.111. The van der Waals surface area contributed by atoms with E-state index in [1.54, 1.807) is 54.6 Å². The van der Waals surface area contributed by atoms with Crippen LogP contribution in [0.2, 0.25) is 0 Å². The summed E-state index contributed by atoms with van der Waals surface area (Å²) in [4.78, 5) is 0. The Hall–Kier alpha value is -3.96. The van der Waals surface area contributed by atoms with Crippen LogP contribution in [0.1, 0.15) is 28.2 Å². The fraction of sp³-hybridized carbons (Fsp3) is 0.226. The first-order valence-corrected chi connectivity index (χ1v) is 14.6. The molecule has 0 radical (unpaired) electrons. The van der Waals surface area contributed by atoms with Gasteiger partial charge in [-0.15, -0.1) is 0 Å². The third-order valence-electron chi connectivity index (χ3n) is 7.40. The van der Waals surface area contributed by atoms with Gasteiger partial charge in [-0.3, -0.25) is 0 Å². The molecule has 1 aliphatic rings. The molecule has 0 saturated heterocycles. The Labute approximate surface area is 238 Å². The number of ether oxygens (including phenoxy) is 3. The van der Waals surface area contributed by atoms with Gasteiger partial charge >= 0.3 is 0 Å². The molecule has 0 amide bonds. The molecule has 1 heterocycles. The van der Waals surface area contributed by atoms with Crippen LogP contribution in [-0.2, 0) is 27.8 Å². The topological polar surface area (TPSA) is 134 Å². The third-order valence-corrected chi connectivity index (χ3v) is 9.12. The van der Waals surface area contributed by atoms with Crippen molar-refractivity contribution in [2.75, 3.05) is 13.3 Å². The standard InChI is InChI=1S/C31H31FN2O6S/c32-24-13-10-21(11-14-24)16-26(23-12-15-28-29(17-23)40-20-39-28)31(30(35)18-33,41(34,36)37)25-8-4-5-9-27(25)38-19-22-6-2-1-3-7-22/h1-15,17,26,30,35H,16,18-20,33H2,(H2,34,36,37). The summed E-state index contributed by atoms with van der Waals surface area (Å²) in [7, 11) is -4.64. The number of sulfonamides is 1. The first-order chi connectivity index (χ1) is 19.7. The lowest BCUT2D eigenvalue weighted by Gasteiger charge is -2.43. The van der Waals surface area contributed by atoms with E-state index in [-0.39, 0.29) is 31.1 Å². The largest absolute Gasteiger partial charge is 0.489 e. The van der Waals surface area contributed by atoms with Gasteiger partial charge in [0.25, 0.3) is 0 Å². The zero-order valence-corrected chi connectivity index (χ0v) is 23.0. The molecule has 0 aliphatic carbocycles. The number of halogens is 1. The number of aliphatic hydroxyl groups excluding tert-OH is 1. The predicted molar refractivity (Wildman–Crippen MR) is 152 cm³/mol. The molecule has 214 valence electrons. The van der Waals surface area contributed by atoms with Gasteiger partial charge in [0.2, 0.25) is 16.8 Å². The number of aliphatic hydroxyl groups is 1. The molecule has 41 heavy (non-hydrogen) atoms. The fourth-order valence-corrected chi connectivity index (χ4v) is 7.04. The van der Waals surface area contributed by atoms with E-state index in [0.717, 1.165) is 5.56 Å². The van der Waals surface area contributed by atoms with E-state index in [9.17, 15) is 17.9 Å². The van der Waals surface area contributed by atoms with Gasteiger partial charge in [0.1, 0.15) is 22.9 Å². The minimum absolute atomic E-state index is 0.0172. The SMILES string of the molecule is NCC(O)C(c1ccccc1OCc1ccccc1)(C(Cc1ccc(F)cc1)c1ccc2c(c1)OCO2)S(N)(=O)=O. The number of hydrogen-bond acceptors (Lipinski definition) is 7. The van der Waals surface area contributed by atoms with Crippen molar-refractivity contribution in [1.82, 2.24) is 0 Å². The van der Waals surface area contributed by atoms with Gasteiger partial charge in [-0.05, 0) is 53.4 Å². The lowest BCUT2D eigenvalue weighted by Crippen LogP contribution is -2.57. The summed E-state index contributed by atoms with van der Waals surface area (Å²) < 4.78 is 56.8. The van der Waals surface area contributed by atoms with Crippen LogP contribution in [0.15, 0.2) is 97.1 Å². The highest BCUT2D eigenvalue weighted by atomic mass is 32.2. The molecular weight excluding hydrogens is 547 g/mol. The van der Waals surface area contributed by atoms with Crippen molar-refractivity contribution in [3.05, 3.63) is 125 Å². The van der Waals surface area contributed by atoms with E-state index < -0.39 is 39.2 Å². The molecular formula is C31H31FN2O6S. The highest BCUT2D eigenvalue weighted by molar-refractivity contribution is 7.90. The van der Waals surface area contributed by atoms with Crippen molar-refractivity contribution >= 4 is 10.0 Å². The van der Waals surface area contributed by atoms with Gasteiger partial charge in [0.15, 0.2) is 11.5 Å². The van der Waals surface area contributed by atoms with Crippen LogP contribution in [0.5, 0.6) is 17.2 Å². The van der Waals surface area contributed by atoms with Gasteiger partial charge in [-0.2, -0.15) is 0 Å². The first kappa shape index (κ1) is 28.6. The van der Waals surface area contributed by atoms with Crippen molar-refractivity contribution in [2.45, 2.75) is 29.8 Å². The van der Waals surface area contributed by atoms with Gasteiger partial charge in [-0.25, -0.2) is 17.9 Å². The molecule has 1 aliphatic heterocycles. The molecule has 0 saturated carbocycles. The molecule has 5 N–H and O–H groups in total. The molecule has 0 aromatic heterocycles.